The molecule has 116 valence electrons. The zero-order chi connectivity index (χ0) is 16.0. The van der Waals surface area contributed by atoms with Crippen LogP contribution in [0.3, 0.4) is 0 Å². The van der Waals surface area contributed by atoms with Crippen LogP contribution in [0.25, 0.3) is 16.9 Å². The molecular weight excluding hydrogens is 335 g/mol. The number of fused-ring (bicyclic) bond motifs is 3. The van der Waals surface area contributed by atoms with Crippen molar-refractivity contribution in [2.24, 2.45) is 0 Å². The summed E-state index contributed by atoms with van der Waals surface area (Å²) in [6.07, 6.45) is 2.36. The van der Waals surface area contributed by atoms with Crippen molar-refractivity contribution in [2.45, 2.75) is 6.42 Å². The molecule has 7 heteroatoms. The molecule has 3 heterocycles. The molecule has 2 N–H and O–H groups in total. The highest BCUT2D eigenvalue weighted by molar-refractivity contribution is 6.34. The van der Waals surface area contributed by atoms with Crippen LogP contribution >= 0.6 is 23.2 Å². The highest BCUT2D eigenvalue weighted by Crippen LogP contribution is 2.38. The summed E-state index contributed by atoms with van der Waals surface area (Å²) in [5, 5.41) is 19.4. The van der Waals surface area contributed by atoms with E-state index < -0.39 is 0 Å². The normalized spacial score (nSPS) is 13.0. The molecule has 0 bridgehead atoms. The maximum Gasteiger partial charge on any atom is 0.218 e. The summed E-state index contributed by atoms with van der Waals surface area (Å²) in [6, 6.07) is 8.83. The largest absolute Gasteiger partial charge is 0.493 e. The quantitative estimate of drug-likeness (QED) is 0.701. The van der Waals surface area contributed by atoms with Gasteiger partial charge in [0.2, 0.25) is 5.88 Å². The van der Waals surface area contributed by atoms with Crippen LogP contribution < -0.4 is 5.32 Å². The van der Waals surface area contributed by atoms with E-state index >= 15 is 0 Å². The minimum absolute atomic E-state index is 0.0719. The molecule has 0 amide bonds. The SMILES string of the molecule is Oc1c2c(nn1-c1cc(Cl)ccc1Cl)-c1cccnc1NCC2. The second-order valence-electron chi connectivity index (χ2n) is 5.23. The fourth-order valence-corrected chi connectivity index (χ4v) is 3.11. The molecule has 3 aromatic rings. The average molecular weight is 347 g/mol. The number of anilines is 1. The van der Waals surface area contributed by atoms with Gasteiger partial charge >= 0.3 is 0 Å². The van der Waals surface area contributed by atoms with Crippen LogP contribution in [0.2, 0.25) is 10.0 Å². The minimum atomic E-state index is 0.0719. The van der Waals surface area contributed by atoms with Crippen molar-refractivity contribution in [1.82, 2.24) is 14.8 Å². The van der Waals surface area contributed by atoms with Crippen molar-refractivity contribution in [3.8, 4) is 22.8 Å². The van der Waals surface area contributed by atoms with E-state index in [2.05, 4.69) is 15.4 Å². The first-order valence-electron chi connectivity index (χ1n) is 7.10. The van der Waals surface area contributed by atoms with Gasteiger partial charge in [0.25, 0.3) is 0 Å². The fourth-order valence-electron chi connectivity index (χ4n) is 2.75. The Kier molecular flexibility index (Phi) is 3.39. The van der Waals surface area contributed by atoms with Crippen molar-refractivity contribution in [3.63, 3.8) is 0 Å². The Balaban J connectivity index is 1.96. The predicted octanol–water partition coefficient (Wildman–Crippen LogP) is 3.91. The van der Waals surface area contributed by atoms with E-state index in [1.165, 1.54) is 4.68 Å². The average Bonchev–Trinajstić information content (AvgIpc) is 2.76. The molecule has 0 saturated heterocycles. The zero-order valence-electron chi connectivity index (χ0n) is 11.9. The lowest BCUT2D eigenvalue weighted by molar-refractivity contribution is 0.428. The summed E-state index contributed by atoms with van der Waals surface area (Å²) in [5.74, 6) is 0.829. The van der Waals surface area contributed by atoms with Crippen LogP contribution in [-0.4, -0.2) is 26.4 Å². The Morgan fingerprint density at radius 1 is 1.22 bits per heavy atom. The van der Waals surface area contributed by atoms with Gasteiger partial charge in [0, 0.05) is 28.9 Å². The molecule has 0 fully saturated rings. The molecule has 5 nitrogen and oxygen atoms in total. The number of pyridine rings is 1. The van der Waals surface area contributed by atoms with Gasteiger partial charge < -0.3 is 10.4 Å². The lowest BCUT2D eigenvalue weighted by Gasteiger charge is -2.08. The highest BCUT2D eigenvalue weighted by atomic mass is 35.5. The van der Waals surface area contributed by atoms with Crippen molar-refractivity contribution < 1.29 is 5.11 Å². The molecule has 0 saturated carbocycles. The Morgan fingerprint density at radius 3 is 2.96 bits per heavy atom. The van der Waals surface area contributed by atoms with E-state index in [0.717, 1.165) is 16.9 Å². The van der Waals surface area contributed by atoms with Crippen LogP contribution in [-0.2, 0) is 6.42 Å². The maximum atomic E-state index is 10.6. The molecule has 0 spiro atoms. The van der Waals surface area contributed by atoms with Gasteiger partial charge in [0.1, 0.15) is 11.5 Å². The molecule has 23 heavy (non-hydrogen) atoms. The number of hydrogen-bond acceptors (Lipinski definition) is 4. The van der Waals surface area contributed by atoms with E-state index in [4.69, 9.17) is 23.2 Å². The Bertz CT molecular complexity index is 907. The van der Waals surface area contributed by atoms with Crippen LogP contribution in [0.15, 0.2) is 36.5 Å². The van der Waals surface area contributed by atoms with Crippen molar-refractivity contribution in [3.05, 3.63) is 52.1 Å². The van der Waals surface area contributed by atoms with Gasteiger partial charge in [0.05, 0.1) is 10.7 Å². The lowest BCUT2D eigenvalue weighted by atomic mass is 10.1. The molecular formula is C16H12Cl2N4O. The smallest absolute Gasteiger partial charge is 0.218 e. The topological polar surface area (TPSA) is 63.0 Å². The molecule has 0 atom stereocenters. The molecule has 1 aromatic carbocycles. The second-order valence-corrected chi connectivity index (χ2v) is 6.08. The van der Waals surface area contributed by atoms with Crippen molar-refractivity contribution in [1.29, 1.82) is 0 Å². The third-order valence-corrected chi connectivity index (χ3v) is 4.38. The molecule has 0 radical (unpaired) electrons. The molecule has 1 aliphatic heterocycles. The van der Waals surface area contributed by atoms with Crippen LogP contribution in [0, 0.1) is 0 Å². The summed E-state index contributed by atoms with van der Waals surface area (Å²) in [6.45, 7) is 0.666. The van der Waals surface area contributed by atoms with Gasteiger partial charge in [-0.25, -0.2) is 4.98 Å². The zero-order valence-corrected chi connectivity index (χ0v) is 13.4. The van der Waals surface area contributed by atoms with E-state index in [1.807, 2.05) is 12.1 Å². The number of halogens is 2. The standard InChI is InChI=1S/C16H12Cl2N4O/c17-9-3-4-12(18)13(8-9)22-16(23)11-5-7-20-15-10(14(11)21-22)2-1-6-19-15/h1-4,6,8,23H,5,7H2,(H,19,20). The third-order valence-electron chi connectivity index (χ3n) is 3.82. The second kappa shape index (κ2) is 5.44. The molecule has 0 unspecified atom stereocenters. The summed E-state index contributed by atoms with van der Waals surface area (Å²) >= 11 is 12.3. The molecule has 4 rings (SSSR count). The van der Waals surface area contributed by atoms with E-state index in [9.17, 15) is 5.11 Å². The number of aromatic nitrogens is 3. The first-order chi connectivity index (χ1) is 11.1. The van der Waals surface area contributed by atoms with Gasteiger partial charge in [-0.15, -0.1) is 0 Å². The number of nitrogens with one attached hydrogen (secondary N) is 1. The number of rotatable bonds is 1. The maximum absolute atomic E-state index is 10.6. The number of nitrogens with zero attached hydrogens (tertiary/aromatic N) is 3. The number of benzene rings is 1. The number of hydrogen-bond donors (Lipinski definition) is 2. The molecule has 2 aromatic heterocycles. The van der Waals surface area contributed by atoms with Gasteiger partial charge in [-0.2, -0.15) is 9.78 Å². The van der Waals surface area contributed by atoms with Crippen LogP contribution in [0.5, 0.6) is 5.88 Å². The first-order valence-corrected chi connectivity index (χ1v) is 7.86. The Hall–Kier alpha value is -2.24. The Morgan fingerprint density at radius 2 is 2.09 bits per heavy atom. The number of aromatic hydroxyl groups is 1. The van der Waals surface area contributed by atoms with E-state index in [0.29, 0.717) is 34.4 Å². The monoisotopic (exact) mass is 346 g/mol. The third kappa shape index (κ3) is 2.33. The van der Waals surface area contributed by atoms with Crippen LogP contribution in [0.1, 0.15) is 5.56 Å². The van der Waals surface area contributed by atoms with Gasteiger partial charge in [-0.05, 0) is 36.8 Å². The van der Waals surface area contributed by atoms with Gasteiger partial charge in [0.15, 0.2) is 0 Å². The van der Waals surface area contributed by atoms with Gasteiger partial charge in [-0.3, -0.25) is 0 Å². The van der Waals surface area contributed by atoms with Crippen molar-refractivity contribution >= 4 is 29.0 Å². The molecule has 1 aliphatic rings. The summed E-state index contributed by atoms with van der Waals surface area (Å²) in [5.41, 5.74) is 2.86. The van der Waals surface area contributed by atoms with Crippen LogP contribution in [0.4, 0.5) is 5.82 Å². The summed E-state index contributed by atoms with van der Waals surface area (Å²) in [4.78, 5) is 4.33. The predicted molar refractivity (Wildman–Crippen MR) is 90.7 cm³/mol. The van der Waals surface area contributed by atoms with E-state index in [1.54, 1.807) is 24.4 Å². The lowest BCUT2D eigenvalue weighted by Crippen LogP contribution is -2.05. The summed E-state index contributed by atoms with van der Waals surface area (Å²) < 4.78 is 1.43. The Labute approximate surface area is 142 Å². The molecule has 0 aliphatic carbocycles. The van der Waals surface area contributed by atoms with Crippen molar-refractivity contribution in [2.75, 3.05) is 11.9 Å². The summed E-state index contributed by atoms with van der Waals surface area (Å²) in [7, 11) is 0. The van der Waals surface area contributed by atoms with E-state index in [-0.39, 0.29) is 5.88 Å². The fraction of sp³-hybridized carbons (Fsp3) is 0.125. The highest BCUT2D eigenvalue weighted by Gasteiger charge is 2.24. The minimum Gasteiger partial charge on any atom is -0.493 e. The first kappa shape index (κ1) is 14.4. The van der Waals surface area contributed by atoms with Gasteiger partial charge in [-0.1, -0.05) is 23.2 Å².